The third-order valence-electron chi connectivity index (χ3n) is 4.74. The second-order valence-corrected chi connectivity index (χ2v) is 8.33. The van der Waals surface area contributed by atoms with Crippen LogP contribution >= 0.6 is 11.8 Å². The summed E-state index contributed by atoms with van der Waals surface area (Å²) in [6.45, 7) is 2.17. The molecule has 0 radical (unpaired) electrons. The van der Waals surface area contributed by atoms with Gasteiger partial charge in [0.1, 0.15) is 18.4 Å². The van der Waals surface area contributed by atoms with E-state index in [0.29, 0.717) is 13.0 Å². The van der Waals surface area contributed by atoms with Crippen molar-refractivity contribution >= 4 is 23.8 Å². The molecule has 1 aromatic heterocycles. The van der Waals surface area contributed by atoms with Gasteiger partial charge in [-0.15, -0.1) is 11.8 Å². The normalized spacial score (nSPS) is 20.3. The molecule has 2 heterocycles. The largest absolute Gasteiger partial charge is 0.491 e. The second kappa shape index (κ2) is 10.9. The molecule has 1 aliphatic heterocycles. The molecular weight excluding hydrogens is 402 g/mol. The lowest BCUT2D eigenvalue weighted by molar-refractivity contribution is -0.124. The van der Waals surface area contributed by atoms with Crippen molar-refractivity contribution in [1.29, 1.82) is 0 Å². The van der Waals surface area contributed by atoms with Gasteiger partial charge in [0.15, 0.2) is 0 Å². The SMILES string of the molecule is COC(=O)N[C@H]1CCCCSc2cncc(c2)-c2ccccc2OC[C@@H](C)NC1=O. The highest BCUT2D eigenvalue weighted by Crippen LogP contribution is 2.32. The first-order valence-corrected chi connectivity index (χ1v) is 11.0. The standard InChI is InChI=1S/C22H27N3O4S/c1-15-14-29-20-9-4-3-7-18(20)16-11-17(13-23-12-16)30-10-6-5-8-19(21(26)24-15)25-22(27)28-2/h3-4,7,9,11-13,15,19H,5-6,8,10,14H2,1-2H3,(H,24,26)(H,25,27)/t15-,19+/m1/s1. The van der Waals surface area contributed by atoms with Gasteiger partial charge >= 0.3 is 6.09 Å². The number of rotatable bonds is 1. The number of benzene rings is 1. The minimum Gasteiger partial charge on any atom is -0.491 e. The summed E-state index contributed by atoms with van der Waals surface area (Å²) in [6.07, 6.45) is 5.34. The van der Waals surface area contributed by atoms with Gasteiger partial charge in [-0.1, -0.05) is 24.6 Å². The highest BCUT2D eigenvalue weighted by Gasteiger charge is 2.22. The molecule has 30 heavy (non-hydrogen) atoms. The number of nitrogens with zero attached hydrogens (tertiary/aromatic N) is 1. The summed E-state index contributed by atoms with van der Waals surface area (Å²) in [4.78, 5) is 29.8. The van der Waals surface area contributed by atoms with Crippen LogP contribution in [-0.4, -0.2) is 48.5 Å². The Labute approximate surface area is 180 Å². The molecule has 0 saturated heterocycles. The maximum absolute atomic E-state index is 12.7. The van der Waals surface area contributed by atoms with Gasteiger partial charge in [0.05, 0.1) is 13.2 Å². The van der Waals surface area contributed by atoms with Crippen molar-refractivity contribution in [2.45, 2.75) is 43.2 Å². The number of pyridine rings is 1. The van der Waals surface area contributed by atoms with Crippen LogP contribution in [0.2, 0.25) is 0 Å². The lowest BCUT2D eigenvalue weighted by atomic mass is 10.1. The Hall–Kier alpha value is -2.74. The maximum atomic E-state index is 12.7. The Morgan fingerprint density at radius 3 is 2.97 bits per heavy atom. The molecule has 0 fully saturated rings. The van der Waals surface area contributed by atoms with Gasteiger partial charge in [-0.3, -0.25) is 9.78 Å². The third-order valence-corrected chi connectivity index (χ3v) is 5.79. The highest BCUT2D eigenvalue weighted by molar-refractivity contribution is 7.99. The van der Waals surface area contributed by atoms with E-state index in [1.165, 1.54) is 7.11 Å². The number of para-hydroxylation sites is 1. The molecule has 0 aliphatic carbocycles. The summed E-state index contributed by atoms with van der Waals surface area (Å²) in [6, 6.07) is 9.05. The van der Waals surface area contributed by atoms with Gasteiger partial charge in [0.2, 0.25) is 5.91 Å². The predicted octanol–water partition coefficient (Wildman–Crippen LogP) is 3.63. The van der Waals surface area contributed by atoms with E-state index in [4.69, 9.17) is 4.74 Å². The van der Waals surface area contributed by atoms with Gasteiger partial charge < -0.3 is 20.1 Å². The Bertz CT molecular complexity index is 877. The minimum absolute atomic E-state index is 0.236. The zero-order valence-corrected chi connectivity index (χ0v) is 18.0. The van der Waals surface area contributed by atoms with Gasteiger partial charge in [-0.05, 0) is 37.7 Å². The molecule has 0 saturated carbocycles. The molecule has 1 aromatic carbocycles. The molecule has 2 aromatic rings. The van der Waals surface area contributed by atoms with Gasteiger partial charge in [0, 0.05) is 28.4 Å². The van der Waals surface area contributed by atoms with E-state index in [9.17, 15) is 9.59 Å². The van der Waals surface area contributed by atoms with Crippen molar-refractivity contribution in [2.75, 3.05) is 19.5 Å². The number of hydrogen-bond donors (Lipinski definition) is 2. The second-order valence-electron chi connectivity index (χ2n) is 7.16. The zero-order chi connectivity index (χ0) is 21.3. The Kier molecular flexibility index (Phi) is 7.96. The topological polar surface area (TPSA) is 89.6 Å². The Balaban J connectivity index is 1.82. The van der Waals surface area contributed by atoms with Gasteiger partial charge in [0.25, 0.3) is 0 Å². The number of carbonyl (C=O) groups excluding carboxylic acids is 2. The molecule has 8 heteroatoms. The number of thioether (sulfide) groups is 1. The molecule has 2 atom stereocenters. The molecule has 160 valence electrons. The zero-order valence-electron chi connectivity index (χ0n) is 17.2. The van der Waals surface area contributed by atoms with Crippen molar-refractivity contribution in [3.63, 3.8) is 0 Å². The van der Waals surface area contributed by atoms with E-state index in [-0.39, 0.29) is 11.9 Å². The number of methoxy groups -OCH3 is 1. The van der Waals surface area contributed by atoms with E-state index < -0.39 is 12.1 Å². The fourth-order valence-corrected chi connectivity index (χ4v) is 4.12. The highest BCUT2D eigenvalue weighted by atomic mass is 32.2. The first-order valence-electron chi connectivity index (χ1n) is 10.0. The summed E-state index contributed by atoms with van der Waals surface area (Å²) in [5.41, 5.74) is 1.96. The van der Waals surface area contributed by atoms with Crippen LogP contribution in [0.1, 0.15) is 26.2 Å². The summed E-state index contributed by atoms with van der Waals surface area (Å²) >= 11 is 1.73. The Morgan fingerprint density at radius 1 is 1.30 bits per heavy atom. The first-order chi connectivity index (χ1) is 14.6. The van der Waals surface area contributed by atoms with Crippen LogP contribution in [0.15, 0.2) is 47.6 Å². The molecule has 2 amide bonds. The number of alkyl carbamates (subject to hydrolysis) is 1. The van der Waals surface area contributed by atoms with Gasteiger partial charge in [-0.2, -0.15) is 0 Å². The predicted molar refractivity (Wildman–Crippen MR) is 117 cm³/mol. The van der Waals surface area contributed by atoms with Crippen LogP contribution in [0.5, 0.6) is 5.75 Å². The number of hydrogen-bond acceptors (Lipinski definition) is 6. The molecule has 0 unspecified atom stereocenters. The molecule has 3 rings (SSSR count). The molecule has 2 N–H and O–H groups in total. The molecule has 1 aliphatic rings. The van der Waals surface area contributed by atoms with Crippen molar-refractivity contribution in [3.05, 3.63) is 42.7 Å². The fourth-order valence-electron chi connectivity index (χ4n) is 3.19. The molecule has 7 nitrogen and oxygen atoms in total. The number of amides is 2. The monoisotopic (exact) mass is 429 g/mol. The average Bonchev–Trinajstić information content (AvgIpc) is 2.76. The van der Waals surface area contributed by atoms with Crippen LogP contribution in [0, 0.1) is 0 Å². The summed E-state index contributed by atoms with van der Waals surface area (Å²) < 4.78 is 10.7. The molecule has 2 bridgehead atoms. The van der Waals surface area contributed by atoms with Gasteiger partial charge in [-0.25, -0.2) is 4.79 Å². The van der Waals surface area contributed by atoms with Crippen LogP contribution in [0.3, 0.4) is 0 Å². The number of nitrogens with one attached hydrogen (secondary N) is 2. The van der Waals surface area contributed by atoms with E-state index in [2.05, 4.69) is 26.4 Å². The van der Waals surface area contributed by atoms with Crippen LogP contribution < -0.4 is 15.4 Å². The lowest BCUT2D eigenvalue weighted by Crippen LogP contribution is -2.50. The van der Waals surface area contributed by atoms with Crippen LogP contribution in [0.25, 0.3) is 11.1 Å². The number of carbonyl (C=O) groups is 2. The van der Waals surface area contributed by atoms with E-state index in [1.807, 2.05) is 43.6 Å². The van der Waals surface area contributed by atoms with E-state index in [1.54, 1.807) is 11.8 Å². The van der Waals surface area contributed by atoms with Crippen molar-refractivity contribution in [1.82, 2.24) is 15.6 Å². The number of aromatic nitrogens is 1. The third kappa shape index (κ3) is 6.13. The summed E-state index contributed by atoms with van der Waals surface area (Å²) in [5, 5.41) is 5.56. The van der Waals surface area contributed by atoms with Crippen LogP contribution in [0.4, 0.5) is 4.79 Å². The maximum Gasteiger partial charge on any atom is 0.407 e. The number of ether oxygens (including phenoxy) is 2. The quantitative estimate of drug-likeness (QED) is 0.720. The van der Waals surface area contributed by atoms with Crippen molar-refractivity contribution in [2.24, 2.45) is 0 Å². The smallest absolute Gasteiger partial charge is 0.407 e. The lowest BCUT2D eigenvalue weighted by Gasteiger charge is -2.22. The van der Waals surface area contributed by atoms with E-state index in [0.717, 1.165) is 40.4 Å². The van der Waals surface area contributed by atoms with E-state index >= 15 is 0 Å². The van der Waals surface area contributed by atoms with Crippen LogP contribution in [-0.2, 0) is 9.53 Å². The van der Waals surface area contributed by atoms with Crippen molar-refractivity contribution < 1.29 is 19.1 Å². The molecule has 0 spiro atoms. The average molecular weight is 430 g/mol. The minimum atomic E-state index is -0.643. The summed E-state index contributed by atoms with van der Waals surface area (Å²) in [7, 11) is 1.29. The van der Waals surface area contributed by atoms with Crippen molar-refractivity contribution in [3.8, 4) is 16.9 Å². The summed E-state index contributed by atoms with van der Waals surface area (Å²) in [5.74, 6) is 1.39. The molecular formula is C22H27N3O4S. The Morgan fingerprint density at radius 2 is 2.13 bits per heavy atom. The fraction of sp³-hybridized carbons (Fsp3) is 0.409. The first kappa shape index (κ1) is 22.0. The number of fused-ring (bicyclic) bond motifs is 4.